The molecule has 3 aromatic rings. The summed E-state index contributed by atoms with van der Waals surface area (Å²) >= 11 is 13.0. The van der Waals surface area contributed by atoms with Gasteiger partial charge >= 0.3 is 0 Å². The highest BCUT2D eigenvalue weighted by Gasteiger charge is 2.30. The molecule has 1 atom stereocenters. The van der Waals surface area contributed by atoms with Gasteiger partial charge in [-0.1, -0.05) is 23.2 Å². The Balaban J connectivity index is 1.50. The van der Waals surface area contributed by atoms with Crippen molar-refractivity contribution < 1.29 is 4.79 Å². The average Bonchev–Trinajstić information content (AvgIpc) is 3.28. The number of benzene rings is 1. The second-order valence-electron chi connectivity index (χ2n) is 10.7. The van der Waals surface area contributed by atoms with E-state index < -0.39 is 0 Å². The molecule has 39 heavy (non-hydrogen) atoms. The van der Waals surface area contributed by atoms with Gasteiger partial charge in [-0.05, 0) is 71.0 Å². The van der Waals surface area contributed by atoms with Crippen LogP contribution in [0.25, 0.3) is 11.2 Å². The Morgan fingerprint density at radius 1 is 1.15 bits per heavy atom. The summed E-state index contributed by atoms with van der Waals surface area (Å²) in [5.74, 6) is 0.703. The number of hydrogen-bond acceptors (Lipinski definition) is 8. The first-order valence-corrected chi connectivity index (χ1v) is 14.2. The fraction of sp³-hybridized carbons (Fsp3) is 0.519. The van der Waals surface area contributed by atoms with E-state index in [0.29, 0.717) is 63.2 Å². The zero-order valence-corrected chi connectivity index (χ0v) is 23.6. The molecule has 4 N–H and O–H groups in total. The number of fused-ring (bicyclic) bond motifs is 1. The lowest BCUT2D eigenvalue weighted by Crippen LogP contribution is -2.45. The van der Waals surface area contributed by atoms with Crippen LogP contribution in [0.2, 0.25) is 10.0 Å². The van der Waals surface area contributed by atoms with Crippen molar-refractivity contribution in [3.63, 3.8) is 0 Å². The van der Waals surface area contributed by atoms with Gasteiger partial charge in [0.15, 0.2) is 5.65 Å². The van der Waals surface area contributed by atoms with Gasteiger partial charge in [0.1, 0.15) is 5.52 Å². The minimum Gasteiger partial charge on any atom is -0.369 e. The molecule has 10 nitrogen and oxygen atoms in total. The number of primary amides is 1. The van der Waals surface area contributed by atoms with E-state index in [1.54, 1.807) is 18.3 Å². The molecule has 0 unspecified atom stereocenters. The Kier molecular flexibility index (Phi) is 8.12. The number of carbonyl (C=O) groups is 1. The maximum Gasteiger partial charge on any atom is 0.225 e. The van der Waals surface area contributed by atoms with Crippen LogP contribution < -0.4 is 16.4 Å². The maximum absolute atomic E-state index is 11.8. The zero-order valence-electron chi connectivity index (χ0n) is 22.1. The van der Waals surface area contributed by atoms with Crippen LogP contribution >= 0.6 is 23.2 Å². The first kappa shape index (κ1) is 27.4. The lowest BCUT2D eigenvalue weighted by atomic mass is 9.85. The van der Waals surface area contributed by atoms with Crippen LogP contribution in [-0.4, -0.2) is 55.5 Å². The number of nitrogens with zero attached hydrogens (tertiary/aromatic N) is 6. The standard InChI is InChI=1S/C27H33Cl2N9O/c1-15(2)37-9-3-4-18(14-37)33-26-32-13-22-25(36-26)38(19-7-5-17(6-8-19)24(31)39)27(34-22)35-23-20(28)10-16(12-30)11-21(23)29/h10-11,13,15,17-19H,3-9,14H2,1-2H3,(H2,31,39)(H,34,35)(H,32,33,36)/t17-,18-,19+/m1/s1. The van der Waals surface area contributed by atoms with Crippen molar-refractivity contribution in [1.82, 2.24) is 24.4 Å². The molecule has 0 radical (unpaired) electrons. The monoisotopic (exact) mass is 569 g/mol. The molecule has 2 aromatic heterocycles. The van der Waals surface area contributed by atoms with E-state index >= 15 is 0 Å². The smallest absolute Gasteiger partial charge is 0.225 e. The Morgan fingerprint density at radius 2 is 1.87 bits per heavy atom. The molecule has 3 heterocycles. The summed E-state index contributed by atoms with van der Waals surface area (Å²) in [6.45, 7) is 6.48. The summed E-state index contributed by atoms with van der Waals surface area (Å²) in [5.41, 5.74) is 7.75. The average molecular weight is 571 g/mol. The van der Waals surface area contributed by atoms with Crippen molar-refractivity contribution in [1.29, 1.82) is 5.26 Å². The molecular weight excluding hydrogens is 537 g/mol. The normalized spacial score (nSPS) is 22.1. The van der Waals surface area contributed by atoms with E-state index in [1.807, 2.05) is 0 Å². The number of hydrogen-bond donors (Lipinski definition) is 3. The summed E-state index contributed by atoms with van der Waals surface area (Å²) in [4.78, 5) is 28.6. The lowest BCUT2D eigenvalue weighted by Gasteiger charge is -2.35. The molecule has 1 saturated heterocycles. The highest BCUT2D eigenvalue weighted by molar-refractivity contribution is 6.39. The van der Waals surface area contributed by atoms with Gasteiger partial charge in [-0.3, -0.25) is 14.3 Å². The summed E-state index contributed by atoms with van der Waals surface area (Å²) in [5, 5.41) is 16.7. The third kappa shape index (κ3) is 5.91. The van der Waals surface area contributed by atoms with Gasteiger partial charge in [0.2, 0.25) is 17.8 Å². The Hall–Kier alpha value is -3.13. The van der Waals surface area contributed by atoms with Crippen LogP contribution in [0.1, 0.15) is 64.0 Å². The van der Waals surface area contributed by atoms with Crippen molar-refractivity contribution in [2.75, 3.05) is 23.7 Å². The largest absolute Gasteiger partial charge is 0.369 e. The Morgan fingerprint density at radius 3 is 2.51 bits per heavy atom. The molecule has 206 valence electrons. The molecule has 2 aliphatic rings. The van der Waals surface area contributed by atoms with E-state index in [2.05, 4.69) is 45.0 Å². The number of nitriles is 1. The van der Waals surface area contributed by atoms with E-state index in [-0.39, 0.29) is 23.9 Å². The van der Waals surface area contributed by atoms with Crippen molar-refractivity contribution in [3.8, 4) is 6.07 Å². The summed E-state index contributed by atoms with van der Waals surface area (Å²) in [7, 11) is 0. The summed E-state index contributed by atoms with van der Waals surface area (Å²) in [6.07, 6.45) is 6.81. The predicted octanol–water partition coefficient (Wildman–Crippen LogP) is 5.25. The molecular formula is C27H33Cl2N9O. The van der Waals surface area contributed by atoms with Gasteiger partial charge in [-0.2, -0.15) is 10.2 Å². The second kappa shape index (κ2) is 11.5. The second-order valence-corrected chi connectivity index (χ2v) is 11.6. The van der Waals surface area contributed by atoms with Crippen LogP contribution in [0.4, 0.5) is 17.6 Å². The minimum absolute atomic E-state index is 0.0397. The van der Waals surface area contributed by atoms with Crippen molar-refractivity contribution in [3.05, 3.63) is 33.9 Å². The van der Waals surface area contributed by atoms with Crippen LogP contribution in [0.5, 0.6) is 0 Å². The highest BCUT2D eigenvalue weighted by Crippen LogP contribution is 2.39. The molecule has 1 saturated carbocycles. The molecule has 1 aliphatic carbocycles. The van der Waals surface area contributed by atoms with Gasteiger partial charge in [-0.15, -0.1) is 0 Å². The van der Waals surface area contributed by atoms with Gasteiger partial charge in [0.05, 0.1) is 33.6 Å². The summed E-state index contributed by atoms with van der Waals surface area (Å²) < 4.78 is 2.06. The zero-order chi connectivity index (χ0) is 27.7. The van der Waals surface area contributed by atoms with Crippen LogP contribution in [0.15, 0.2) is 18.3 Å². The molecule has 2 fully saturated rings. The quantitative estimate of drug-likeness (QED) is 0.350. The lowest BCUT2D eigenvalue weighted by molar-refractivity contribution is -0.122. The van der Waals surface area contributed by atoms with Gasteiger partial charge in [0, 0.05) is 30.6 Å². The topological polar surface area (TPSA) is 138 Å². The van der Waals surface area contributed by atoms with Crippen LogP contribution in [-0.2, 0) is 4.79 Å². The van der Waals surface area contributed by atoms with Gasteiger partial charge in [-0.25, -0.2) is 9.97 Å². The van der Waals surface area contributed by atoms with Crippen molar-refractivity contribution in [2.24, 2.45) is 11.7 Å². The first-order valence-electron chi connectivity index (χ1n) is 13.4. The molecule has 1 aromatic carbocycles. The van der Waals surface area contributed by atoms with Crippen molar-refractivity contribution >= 4 is 57.9 Å². The third-order valence-corrected chi connectivity index (χ3v) is 8.42. The number of aromatic nitrogens is 4. The van der Waals surface area contributed by atoms with Gasteiger partial charge in [0.25, 0.3) is 0 Å². The Bertz CT molecular complexity index is 1390. The third-order valence-electron chi connectivity index (χ3n) is 7.82. The van der Waals surface area contributed by atoms with E-state index in [1.165, 1.54) is 0 Å². The van der Waals surface area contributed by atoms with Crippen molar-refractivity contribution in [2.45, 2.75) is 70.5 Å². The predicted molar refractivity (Wildman–Crippen MR) is 153 cm³/mol. The maximum atomic E-state index is 11.8. The number of amides is 1. The SMILES string of the molecule is CC(C)N1CCC[C@@H](Nc2ncc3nc(Nc4c(Cl)cc(C#N)cc4Cl)n([C@H]4CC[C@@H](C(N)=O)CC4)c3n2)C1. The molecule has 1 aliphatic heterocycles. The number of nitrogens with two attached hydrogens (primary N) is 1. The van der Waals surface area contributed by atoms with Gasteiger partial charge < -0.3 is 16.4 Å². The fourth-order valence-electron chi connectivity index (χ4n) is 5.66. The number of carbonyl (C=O) groups excluding carboxylic acids is 1. The molecule has 5 rings (SSSR count). The molecule has 12 heteroatoms. The van der Waals surface area contributed by atoms with E-state index in [0.717, 1.165) is 38.8 Å². The number of imidazole rings is 1. The minimum atomic E-state index is -0.254. The first-order chi connectivity index (χ1) is 18.7. The molecule has 0 spiro atoms. The van der Waals surface area contributed by atoms with E-state index in [9.17, 15) is 10.1 Å². The number of likely N-dealkylation sites (tertiary alicyclic amines) is 1. The summed E-state index contributed by atoms with van der Waals surface area (Å²) in [6, 6.07) is 5.98. The number of anilines is 3. The number of nitrogens with one attached hydrogen (secondary N) is 2. The highest BCUT2D eigenvalue weighted by atomic mass is 35.5. The number of halogens is 2. The van der Waals surface area contributed by atoms with E-state index in [4.69, 9.17) is 38.9 Å². The Labute approximate surface area is 237 Å². The molecule has 0 bridgehead atoms. The fourth-order valence-corrected chi connectivity index (χ4v) is 6.24. The van der Waals surface area contributed by atoms with Crippen LogP contribution in [0, 0.1) is 17.2 Å². The molecule has 1 amide bonds. The number of rotatable bonds is 7. The number of piperidine rings is 1. The van der Waals surface area contributed by atoms with Crippen LogP contribution in [0.3, 0.4) is 0 Å².